The molecular formula is C9H11Cl2NS. The number of thioether (sulfide) groups is 1. The van der Waals surface area contributed by atoms with Crippen molar-refractivity contribution in [2.24, 2.45) is 0 Å². The molecule has 0 heterocycles. The highest BCUT2D eigenvalue weighted by molar-refractivity contribution is 7.99. The molecule has 0 radical (unpaired) electrons. The van der Waals surface area contributed by atoms with Gasteiger partial charge in [0.25, 0.3) is 0 Å². The van der Waals surface area contributed by atoms with E-state index in [0.29, 0.717) is 10.0 Å². The Morgan fingerprint density at radius 3 is 2.69 bits per heavy atom. The van der Waals surface area contributed by atoms with Crippen LogP contribution in [-0.4, -0.2) is 19.3 Å². The van der Waals surface area contributed by atoms with E-state index in [2.05, 4.69) is 5.32 Å². The van der Waals surface area contributed by atoms with Crippen molar-refractivity contribution in [2.45, 2.75) is 4.90 Å². The Kier molecular flexibility index (Phi) is 4.96. The van der Waals surface area contributed by atoms with Gasteiger partial charge in [0.15, 0.2) is 0 Å². The zero-order valence-electron chi connectivity index (χ0n) is 7.31. The van der Waals surface area contributed by atoms with Gasteiger partial charge in [-0.25, -0.2) is 0 Å². The monoisotopic (exact) mass is 235 g/mol. The first kappa shape index (κ1) is 11.2. The molecule has 72 valence electrons. The van der Waals surface area contributed by atoms with Crippen LogP contribution in [0.2, 0.25) is 10.0 Å². The molecule has 0 aliphatic rings. The van der Waals surface area contributed by atoms with Crippen LogP contribution in [0.3, 0.4) is 0 Å². The maximum absolute atomic E-state index is 5.87. The fraction of sp³-hybridized carbons (Fsp3) is 0.333. The molecule has 1 aromatic rings. The number of rotatable bonds is 4. The zero-order chi connectivity index (χ0) is 9.68. The molecule has 4 heteroatoms. The summed E-state index contributed by atoms with van der Waals surface area (Å²) in [6.45, 7) is 0.991. The van der Waals surface area contributed by atoms with Crippen molar-refractivity contribution in [1.82, 2.24) is 5.32 Å². The third-order valence-corrected chi connectivity index (χ3v) is 3.25. The lowest BCUT2D eigenvalue weighted by Crippen LogP contribution is -2.09. The van der Waals surface area contributed by atoms with Gasteiger partial charge < -0.3 is 5.32 Å². The Bertz CT molecular complexity index is 278. The fourth-order valence-electron chi connectivity index (χ4n) is 0.838. The molecule has 0 aliphatic carbocycles. The summed E-state index contributed by atoms with van der Waals surface area (Å²) in [6, 6.07) is 5.70. The molecule has 0 atom stereocenters. The first-order chi connectivity index (χ1) is 6.24. The van der Waals surface area contributed by atoms with Gasteiger partial charge in [-0.15, -0.1) is 11.8 Å². The van der Waals surface area contributed by atoms with E-state index in [4.69, 9.17) is 23.2 Å². The van der Waals surface area contributed by atoms with Crippen LogP contribution in [0.5, 0.6) is 0 Å². The van der Waals surface area contributed by atoms with E-state index >= 15 is 0 Å². The summed E-state index contributed by atoms with van der Waals surface area (Å²) in [5, 5.41) is 4.32. The molecule has 1 nitrogen and oxygen atoms in total. The Balaban J connectivity index is 2.53. The van der Waals surface area contributed by atoms with Crippen LogP contribution in [0.1, 0.15) is 0 Å². The van der Waals surface area contributed by atoms with E-state index in [1.165, 1.54) is 0 Å². The Morgan fingerprint density at radius 2 is 2.08 bits per heavy atom. The lowest BCUT2D eigenvalue weighted by atomic mass is 10.4. The average molecular weight is 236 g/mol. The lowest BCUT2D eigenvalue weighted by Gasteiger charge is -2.02. The average Bonchev–Trinajstić information content (AvgIpc) is 2.12. The molecule has 0 fully saturated rings. The van der Waals surface area contributed by atoms with Crippen LogP contribution in [0.15, 0.2) is 23.1 Å². The molecule has 1 rings (SSSR count). The van der Waals surface area contributed by atoms with E-state index in [-0.39, 0.29) is 0 Å². The summed E-state index contributed by atoms with van der Waals surface area (Å²) in [5.74, 6) is 1.04. The Morgan fingerprint density at radius 1 is 1.31 bits per heavy atom. The van der Waals surface area contributed by atoms with Crippen molar-refractivity contribution in [2.75, 3.05) is 19.3 Å². The van der Waals surface area contributed by atoms with Crippen LogP contribution >= 0.6 is 35.0 Å². The second kappa shape index (κ2) is 5.76. The molecule has 0 aliphatic heterocycles. The summed E-state index contributed by atoms with van der Waals surface area (Å²) < 4.78 is 0. The molecule has 0 unspecified atom stereocenters. The van der Waals surface area contributed by atoms with Gasteiger partial charge in [-0.2, -0.15) is 0 Å². The highest BCUT2D eigenvalue weighted by atomic mass is 35.5. The van der Waals surface area contributed by atoms with Crippen LogP contribution in [0, 0.1) is 0 Å². The van der Waals surface area contributed by atoms with Crippen LogP contribution in [-0.2, 0) is 0 Å². The third kappa shape index (κ3) is 3.77. The number of nitrogens with one attached hydrogen (secondary N) is 1. The minimum Gasteiger partial charge on any atom is -0.319 e. The second-order valence-electron chi connectivity index (χ2n) is 2.53. The van der Waals surface area contributed by atoms with Gasteiger partial charge in [0.2, 0.25) is 0 Å². The number of hydrogen-bond donors (Lipinski definition) is 1. The molecular weight excluding hydrogens is 225 g/mol. The molecule has 1 N–H and O–H groups in total. The van der Waals surface area contributed by atoms with Gasteiger partial charge in [0.05, 0.1) is 10.0 Å². The van der Waals surface area contributed by atoms with E-state index in [1.807, 2.05) is 25.2 Å². The maximum Gasteiger partial charge on any atom is 0.0603 e. The van der Waals surface area contributed by atoms with Crippen molar-refractivity contribution in [1.29, 1.82) is 0 Å². The second-order valence-corrected chi connectivity index (χ2v) is 4.51. The Hall–Kier alpha value is 0.110. The molecule has 0 saturated heterocycles. The van der Waals surface area contributed by atoms with Gasteiger partial charge in [-0.1, -0.05) is 23.2 Å². The van der Waals surface area contributed by atoms with E-state index in [0.717, 1.165) is 17.2 Å². The standard InChI is InChI=1S/C9H11Cl2NS/c1-12-4-5-13-7-2-3-8(10)9(11)6-7/h2-3,6,12H,4-5H2,1H3. The first-order valence-electron chi connectivity index (χ1n) is 3.96. The predicted molar refractivity (Wildman–Crippen MR) is 61.1 cm³/mol. The molecule has 0 spiro atoms. The van der Waals surface area contributed by atoms with Gasteiger partial charge in [0.1, 0.15) is 0 Å². The number of hydrogen-bond acceptors (Lipinski definition) is 2. The smallest absolute Gasteiger partial charge is 0.0603 e. The van der Waals surface area contributed by atoms with Crippen molar-refractivity contribution in [3.8, 4) is 0 Å². The number of halogens is 2. The van der Waals surface area contributed by atoms with E-state index in [1.54, 1.807) is 11.8 Å². The van der Waals surface area contributed by atoms with Crippen molar-refractivity contribution < 1.29 is 0 Å². The van der Waals surface area contributed by atoms with Crippen LogP contribution in [0.25, 0.3) is 0 Å². The summed E-state index contributed by atoms with van der Waals surface area (Å²) in [4.78, 5) is 1.16. The molecule has 0 bridgehead atoms. The van der Waals surface area contributed by atoms with Gasteiger partial charge in [-0.3, -0.25) is 0 Å². The van der Waals surface area contributed by atoms with Gasteiger partial charge in [0, 0.05) is 17.2 Å². The van der Waals surface area contributed by atoms with E-state index in [9.17, 15) is 0 Å². The molecule has 1 aromatic carbocycles. The lowest BCUT2D eigenvalue weighted by molar-refractivity contribution is 0.872. The minimum absolute atomic E-state index is 0.611. The molecule has 0 aromatic heterocycles. The summed E-state index contributed by atoms with van der Waals surface area (Å²) in [5.41, 5.74) is 0. The van der Waals surface area contributed by atoms with Crippen molar-refractivity contribution >= 4 is 35.0 Å². The van der Waals surface area contributed by atoms with Crippen molar-refractivity contribution in [3.63, 3.8) is 0 Å². The highest BCUT2D eigenvalue weighted by Crippen LogP contribution is 2.27. The van der Waals surface area contributed by atoms with Gasteiger partial charge in [-0.05, 0) is 25.2 Å². The normalized spacial score (nSPS) is 10.4. The van der Waals surface area contributed by atoms with Crippen LogP contribution in [0.4, 0.5) is 0 Å². The Labute approximate surface area is 92.8 Å². The molecule has 0 saturated carbocycles. The van der Waals surface area contributed by atoms with Crippen molar-refractivity contribution in [3.05, 3.63) is 28.2 Å². The minimum atomic E-state index is 0.611. The fourth-order valence-corrected chi connectivity index (χ4v) is 2.11. The highest BCUT2D eigenvalue weighted by Gasteiger charge is 1.99. The molecule has 13 heavy (non-hydrogen) atoms. The first-order valence-corrected chi connectivity index (χ1v) is 5.70. The van der Waals surface area contributed by atoms with E-state index < -0.39 is 0 Å². The summed E-state index contributed by atoms with van der Waals surface area (Å²) in [6.07, 6.45) is 0. The maximum atomic E-state index is 5.87. The van der Waals surface area contributed by atoms with Crippen LogP contribution < -0.4 is 5.32 Å². The zero-order valence-corrected chi connectivity index (χ0v) is 9.64. The number of benzene rings is 1. The summed E-state index contributed by atoms with van der Waals surface area (Å²) in [7, 11) is 1.94. The topological polar surface area (TPSA) is 12.0 Å². The SMILES string of the molecule is CNCCSc1ccc(Cl)c(Cl)c1. The summed E-state index contributed by atoms with van der Waals surface area (Å²) >= 11 is 13.4. The predicted octanol–water partition coefficient (Wildman–Crippen LogP) is 3.30. The van der Waals surface area contributed by atoms with Gasteiger partial charge >= 0.3 is 0 Å². The third-order valence-electron chi connectivity index (χ3n) is 1.51. The molecule has 0 amide bonds. The largest absolute Gasteiger partial charge is 0.319 e. The quantitative estimate of drug-likeness (QED) is 0.635.